The van der Waals surface area contributed by atoms with Crippen LogP contribution in [0.1, 0.15) is 11.1 Å². The summed E-state index contributed by atoms with van der Waals surface area (Å²) >= 11 is 0. The van der Waals surface area contributed by atoms with E-state index >= 15 is 0 Å². The van der Waals surface area contributed by atoms with Crippen LogP contribution in [0.15, 0.2) is 36.4 Å². The van der Waals surface area contributed by atoms with Gasteiger partial charge in [-0.2, -0.15) is 0 Å². The Kier molecular flexibility index (Phi) is 4.60. The summed E-state index contributed by atoms with van der Waals surface area (Å²) in [4.78, 5) is 28.3. The first-order chi connectivity index (χ1) is 14.1. The molecule has 3 aliphatic heterocycles. The van der Waals surface area contributed by atoms with Crippen LogP contribution in [-0.4, -0.2) is 56.1 Å². The van der Waals surface area contributed by atoms with E-state index in [2.05, 4.69) is 33.3 Å². The van der Waals surface area contributed by atoms with Gasteiger partial charge in [0.25, 0.3) is 0 Å². The van der Waals surface area contributed by atoms with Gasteiger partial charge in [-0.15, -0.1) is 0 Å². The fraction of sp³-hybridized carbons (Fsp3) is 0.364. The number of carbonyl (C=O) groups excluding carboxylic acids is 2. The first kappa shape index (κ1) is 18.0. The lowest BCUT2D eigenvalue weighted by molar-refractivity contribution is -0.131. The van der Waals surface area contributed by atoms with Crippen LogP contribution in [0.3, 0.4) is 0 Å². The van der Waals surface area contributed by atoms with E-state index in [9.17, 15) is 9.59 Å². The number of nitrogens with zero attached hydrogens (tertiary/aromatic N) is 2. The second kappa shape index (κ2) is 7.40. The summed E-state index contributed by atoms with van der Waals surface area (Å²) in [7, 11) is 0. The van der Waals surface area contributed by atoms with Gasteiger partial charge in [0.1, 0.15) is 11.5 Å². The van der Waals surface area contributed by atoms with E-state index < -0.39 is 0 Å². The number of piperazine rings is 1. The highest BCUT2D eigenvalue weighted by Gasteiger charge is 2.23. The van der Waals surface area contributed by atoms with Gasteiger partial charge in [-0.05, 0) is 29.8 Å². The maximum atomic E-state index is 12.4. The molecule has 3 heterocycles. The Labute approximate surface area is 169 Å². The van der Waals surface area contributed by atoms with E-state index in [1.165, 1.54) is 11.3 Å². The highest BCUT2D eigenvalue weighted by molar-refractivity contribution is 5.93. The van der Waals surface area contributed by atoms with Crippen molar-refractivity contribution in [1.82, 2.24) is 4.90 Å². The summed E-state index contributed by atoms with van der Waals surface area (Å²) < 4.78 is 10.7. The van der Waals surface area contributed by atoms with Crippen LogP contribution in [-0.2, 0) is 22.4 Å². The zero-order chi connectivity index (χ0) is 19.8. The Morgan fingerprint density at radius 1 is 1.00 bits per heavy atom. The molecule has 2 aromatic rings. The lowest BCUT2D eigenvalue weighted by Crippen LogP contribution is -2.48. The standard InChI is InChI=1S/C22H23N3O4/c26-21(23-17-2-1-15-12-22(27)29-20(15)13-17)14-24-6-8-25(9-7-24)18-3-4-19-16(11-18)5-10-28-19/h1-4,11,13H,5-10,12,14H2,(H,23,26). The SMILES string of the molecule is O=C(CN1CCN(c2ccc3c(c2)CCO3)CC1)Nc1ccc2c(c1)OC(=O)C2. The molecule has 0 aromatic heterocycles. The molecule has 0 unspecified atom stereocenters. The Bertz CT molecular complexity index is 967. The molecule has 1 N–H and O–H groups in total. The predicted octanol–water partition coefficient (Wildman–Crippen LogP) is 1.84. The van der Waals surface area contributed by atoms with Crippen LogP contribution >= 0.6 is 0 Å². The minimum Gasteiger partial charge on any atom is -0.493 e. The molecule has 1 amide bonds. The average molecular weight is 393 g/mol. The third kappa shape index (κ3) is 3.78. The summed E-state index contributed by atoms with van der Waals surface area (Å²) in [5, 5.41) is 2.91. The maximum Gasteiger partial charge on any atom is 0.315 e. The van der Waals surface area contributed by atoms with Crippen LogP contribution in [0.25, 0.3) is 0 Å². The number of carbonyl (C=O) groups is 2. The number of nitrogens with one attached hydrogen (secondary N) is 1. The lowest BCUT2D eigenvalue weighted by Gasteiger charge is -2.35. The van der Waals surface area contributed by atoms with Crippen molar-refractivity contribution in [1.29, 1.82) is 0 Å². The maximum absolute atomic E-state index is 12.4. The molecule has 1 fully saturated rings. The molecule has 3 aliphatic rings. The number of amides is 1. The Morgan fingerprint density at radius 2 is 1.86 bits per heavy atom. The van der Waals surface area contributed by atoms with Crippen molar-refractivity contribution in [3.63, 3.8) is 0 Å². The molecule has 0 bridgehead atoms. The van der Waals surface area contributed by atoms with Gasteiger partial charge in [-0.3, -0.25) is 14.5 Å². The summed E-state index contributed by atoms with van der Waals surface area (Å²) in [6.07, 6.45) is 1.27. The number of fused-ring (bicyclic) bond motifs is 2. The lowest BCUT2D eigenvalue weighted by atomic mass is 10.1. The van der Waals surface area contributed by atoms with Gasteiger partial charge < -0.3 is 19.7 Å². The van der Waals surface area contributed by atoms with Crippen molar-refractivity contribution in [3.05, 3.63) is 47.5 Å². The summed E-state index contributed by atoms with van der Waals surface area (Å²) in [5.41, 5.74) is 4.03. The quantitative estimate of drug-likeness (QED) is 0.632. The Balaban J connectivity index is 1.13. The van der Waals surface area contributed by atoms with Gasteiger partial charge in [-0.25, -0.2) is 0 Å². The molecule has 1 saturated heterocycles. The van der Waals surface area contributed by atoms with E-state index in [0.717, 1.165) is 50.5 Å². The zero-order valence-corrected chi connectivity index (χ0v) is 16.1. The number of esters is 1. The molecule has 0 radical (unpaired) electrons. The van der Waals surface area contributed by atoms with Crippen LogP contribution in [0, 0.1) is 0 Å². The van der Waals surface area contributed by atoms with E-state index in [1.807, 2.05) is 12.1 Å². The van der Waals surface area contributed by atoms with Crippen molar-refractivity contribution in [2.75, 3.05) is 49.5 Å². The molecular weight excluding hydrogens is 370 g/mol. The molecule has 150 valence electrons. The Morgan fingerprint density at radius 3 is 2.72 bits per heavy atom. The first-order valence-electron chi connectivity index (χ1n) is 10.0. The number of hydrogen-bond acceptors (Lipinski definition) is 6. The highest BCUT2D eigenvalue weighted by Crippen LogP contribution is 2.30. The molecule has 7 heteroatoms. The van der Waals surface area contributed by atoms with Crippen molar-refractivity contribution in [2.45, 2.75) is 12.8 Å². The third-order valence-corrected chi connectivity index (χ3v) is 5.69. The first-order valence-corrected chi connectivity index (χ1v) is 10.0. The fourth-order valence-electron chi connectivity index (χ4n) is 4.13. The van der Waals surface area contributed by atoms with E-state index in [0.29, 0.717) is 24.4 Å². The second-order valence-corrected chi connectivity index (χ2v) is 7.68. The summed E-state index contributed by atoms with van der Waals surface area (Å²) in [6.45, 7) is 4.58. The van der Waals surface area contributed by atoms with Crippen LogP contribution in [0.5, 0.6) is 11.5 Å². The van der Waals surface area contributed by atoms with Crippen molar-refractivity contribution in [3.8, 4) is 11.5 Å². The smallest absolute Gasteiger partial charge is 0.315 e. The van der Waals surface area contributed by atoms with Crippen LogP contribution < -0.4 is 19.7 Å². The molecule has 0 aliphatic carbocycles. The number of anilines is 2. The molecule has 29 heavy (non-hydrogen) atoms. The van der Waals surface area contributed by atoms with Gasteiger partial charge in [0.15, 0.2) is 0 Å². The molecule has 0 saturated carbocycles. The number of ether oxygens (including phenoxy) is 2. The average Bonchev–Trinajstić information content (AvgIpc) is 3.32. The predicted molar refractivity (Wildman–Crippen MR) is 109 cm³/mol. The minimum atomic E-state index is -0.253. The number of rotatable bonds is 4. The van der Waals surface area contributed by atoms with E-state index in [4.69, 9.17) is 9.47 Å². The zero-order valence-electron chi connectivity index (χ0n) is 16.1. The normalized spacial score (nSPS) is 18.1. The minimum absolute atomic E-state index is 0.0580. The monoisotopic (exact) mass is 393 g/mol. The van der Waals surface area contributed by atoms with Gasteiger partial charge in [-0.1, -0.05) is 6.07 Å². The third-order valence-electron chi connectivity index (χ3n) is 5.69. The topological polar surface area (TPSA) is 71.1 Å². The van der Waals surface area contributed by atoms with Gasteiger partial charge in [0.2, 0.25) is 5.91 Å². The van der Waals surface area contributed by atoms with Gasteiger partial charge >= 0.3 is 5.97 Å². The summed E-state index contributed by atoms with van der Waals surface area (Å²) in [5.74, 6) is 1.24. The highest BCUT2D eigenvalue weighted by atomic mass is 16.5. The van der Waals surface area contributed by atoms with Crippen LogP contribution in [0.2, 0.25) is 0 Å². The fourth-order valence-corrected chi connectivity index (χ4v) is 4.13. The van der Waals surface area contributed by atoms with Gasteiger partial charge in [0, 0.05) is 55.6 Å². The number of benzene rings is 2. The van der Waals surface area contributed by atoms with E-state index in [1.54, 1.807) is 6.07 Å². The molecular formula is C22H23N3O4. The Hall–Kier alpha value is -3.06. The van der Waals surface area contributed by atoms with E-state index in [-0.39, 0.29) is 11.9 Å². The molecule has 2 aromatic carbocycles. The molecule has 0 atom stereocenters. The second-order valence-electron chi connectivity index (χ2n) is 7.68. The molecule has 0 spiro atoms. The van der Waals surface area contributed by atoms with Crippen molar-refractivity contribution >= 4 is 23.3 Å². The van der Waals surface area contributed by atoms with Gasteiger partial charge in [0.05, 0.1) is 19.6 Å². The summed E-state index contributed by atoms with van der Waals surface area (Å²) in [6, 6.07) is 11.8. The van der Waals surface area contributed by atoms with Crippen LogP contribution in [0.4, 0.5) is 11.4 Å². The number of hydrogen-bond donors (Lipinski definition) is 1. The molecule has 7 nitrogen and oxygen atoms in total. The molecule has 5 rings (SSSR count). The van der Waals surface area contributed by atoms with Crippen molar-refractivity contribution < 1.29 is 19.1 Å². The largest absolute Gasteiger partial charge is 0.493 e. The van der Waals surface area contributed by atoms with Crippen molar-refractivity contribution in [2.24, 2.45) is 0 Å².